The first-order valence-electron chi connectivity index (χ1n) is 4.53. The topological polar surface area (TPSA) is 0 Å². The van der Waals surface area contributed by atoms with E-state index in [4.69, 9.17) is 0 Å². The van der Waals surface area contributed by atoms with E-state index >= 15 is 0 Å². The lowest BCUT2D eigenvalue weighted by Gasteiger charge is -1.98. The molecule has 2 heteroatoms. The van der Waals surface area contributed by atoms with E-state index in [1.54, 1.807) is 11.8 Å². The Balaban J connectivity index is 0. The van der Waals surface area contributed by atoms with Crippen LogP contribution in [-0.4, -0.2) is 6.26 Å². The Kier molecular flexibility index (Phi) is 12.6. The second kappa shape index (κ2) is 10.9. The molecule has 0 atom stereocenters. The van der Waals surface area contributed by atoms with Gasteiger partial charge in [-0.1, -0.05) is 29.8 Å². The molecule has 0 radical (unpaired) electrons. The highest BCUT2D eigenvalue weighted by Gasteiger charge is 1.92. The normalized spacial score (nSPS) is 7.79. The Morgan fingerprint density at radius 2 is 1.64 bits per heavy atom. The van der Waals surface area contributed by atoms with Gasteiger partial charge in [-0.2, -0.15) is 0 Å². The summed E-state index contributed by atoms with van der Waals surface area (Å²) >= 11 is 5.21. The molecular formula is C12H19BrS. The minimum atomic E-state index is 1.16. The van der Waals surface area contributed by atoms with Gasteiger partial charge in [-0.3, -0.25) is 0 Å². The number of hydrogen-bond donors (Lipinski definition) is 0. The Hall–Kier alpha value is -0.210. The van der Waals surface area contributed by atoms with Crippen molar-refractivity contribution in [2.75, 3.05) is 6.26 Å². The molecule has 1 aromatic carbocycles. The molecule has 0 nitrogen and oxygen atoms in total. The predicted octanol–water partition coefficient (Wildman–Crippen LogP) is 5.31. The fraction of sp³-hybridized carbons (Fsp3) is 0.333. The van der Waals surface area contributed by atoms with E-state index < -0.39 is 0 Å². The Morgan fingerprint density at radius 3 is 2.00 bits per heavy atom. The van der Waals surface area contributed by atoms with Crippen LogP contribution in [0.1, 0.15) is 19.4 Å². The molecule has 0 aliphatic rings. The molecule has 0 spiro atoms. The van der Waals surface area contributed by atoms with E-state index in [0.29, 0.717) is 0 Å². The lowest BCUT2D eigenvalue weighted by molar-refractivity contribution is 1.34. The standard InChI is InChI=1S/C8H9BrS.C2H6.C2H4/c1-6-3-7(9)5-8(4-6)10-2;2*1-2/h3-5H,1-2H3;1-2H3;1-2H2. The largest absolute Gasteiger partial charge is 0.130 e. The first kappa shape index (κ1) is 16.2. The smallest absolute Gasteiger partial charge is 0.0189 e. The van der Waals surface area contributed by atoms with Gasteiger partial charge in [0.25, 0.3) is 0 Å². The van der Waals surface area contributed by atoms with Gasteiger partial charge in [0.1, 0.15) is 0 Å². The van der Waals surface area contributed by atoms with E-state index in [2.05, 4.69) is 60.5 Å². The van der Waals surface area contributed by atoms with Crippen molar-refractivity contribution in [1.29, 1.82) is 0 Å². The molecule has 1 aromatic rings. The van der Waals surface area contributed by atoms with Crippen LogP contribution in [0.4, 0.5) is 0 Å². The van der Waals surface area contributed by atoms with Crippen molar-refractivity contribution < 1.29 is 0 Å². The number of thioether (sulfide) groups is 1. The predicted molar refractivity (Wildman–Crippen MR) is 73.3 cm³/mol. The highest BCUT2D eigenvalue weighted by atomic mass is 79.9. The van der Waals surface area contributed by atoms with Crippen LogP contribution < -0.4 is 0 Å². The quantitative estimate of drug-likeness (QED) is 0.494. The third-order valence-electron chi connectivity index (χ3n) is 1.25. The average Bonchev–Trinajstić information content (AvgIpc) is 2.22. The summed E-state index contributed by atoms with van der Waals surface area (Å²) in [5, 5.41) is 0. The summed E-state index contributed by atoms with van der Waals surface area (Å²) in [6.45, 7) is 12.1. The molecule has 0 N–H and O–H groups in total. The Bertz CT molecular complexity index is 226. The summed E-state index contributed by atoms with van der Waals surface area (Å²) in [6.07, 6.45) is 2.08. The molecule has 0 saturated heterocycles. The lowest BCUT2D eigenvalue weighted by atomic mass is 10.2. The summed E-state index contributed by atoms with van der Waals surface area (Å²) in [6, 6.07) is 6.41. The van der Waals surface area contributed by atoms with Gasteiger partial charge in [-0.05, 0) is 36.9 Å². The fourth-order valence-electron chi connectivity index (χ4n) is 0.821. The van der Waals surface area contributed by atoms with Crippen LogP contribution >= 0.6 is 27.7 Å². The lowest BCUT2D eigenvalue weighted by Crippen LogP contribution is -1.74. The first-order valence-corrected chi connectivity index (χ1v) is 6.55. The van der Waals surface area contributed by atoms with Crippen LogP contribution in [0.15, 0.2) is 40.7 Å². The second-order valence-electron chi connectivity index (χ2n) is 2.17. The third-order valence-corrected chi connectivity index (χ3v) is 2.42. The number of rotatable bonds is 1. The van der Waals surface area contributed by atoms with Crippen molar-refractivity contribution in [3.8, 4) is 0 Å². The number of aryl methyl sites for hydroxylation is 1. The molecule has 0 bridgehead atoms. The van der Waals surface area contributed by atoms with Gasteiger partial charge >= 0.3 is 0 Å². The molecule has 0 fully saturated rings. The van der Waals surface area contributed by atoms with E-state index in [-0.39, 0.29) is 0 Å². The molecule has 1 rings (SSSR count). The van der Waals surface area contributed by atoms with E-state index in [1.165, 1.54) is 10.5 Å². The molecule has 0 heterocycles. The number of benzene rings is 1. The van der Waals surface area contributed by atoms with Crippen molar-refractivity contribution in [3.05, 3.63) is 41.4 Å². The SMILES string of the molecule is C=C.CC.CSc1cc(C)cc(Br)c1. The van der Waals surface area contributed by atoms with Gasteiger partial charge in [0, 0.05) is 9.37 Å². The van der Waals surface area contributed by atoms with Crippen molar-refractivity contribution in [2.45, 2.75) is 25.7 Å². The van der Waals surface area contributed by atoms with E-state index in [1.807, 2.05) is 13.8 Å². The van der Waals surface area contributed by atoms with Crippen LogP contribution in [0.5, 0.6) is 0 Å². The zero-order valence-corrected chi connectivity index (χ0v) is 11.8. The van der Waals surface area contributed by atoms with Gasteiger partial charge in [0.15, 0.2) is 0 Å². The average molecular weight is 275 g/mol. The molecule has 80 valence electrons. The molecule has 0 saturated carbocycles. The van der Waals surface area contributed by atoms with Gasteiger partial charge < -0.3 is 0 Å². The minimum absolute atomic E-state index is 1.16. The van der Waals surface area contributed by atoms with Crippen molar-refractivity contribution in [3.63, 3.8) is 0 Å². The number of hydrogen-bond acceptors (Lipinski definition) is 1. The molecule has 0 amide bonds. The molecule has 0 aromatic heterocycles. The monoisotopic (exact) mass is 274 g/mol. The summed E-state index contributed by atoms with van der Waals surface area (Å²) in [7, 11) is 0. The Labute approximate surface area is 101 Å². The first-order chi connectivity index (χ1) is 6.72. The highest BCUT2D eigenvalue weighted by molar-refractivity contribution is 9.10. The van der Waals surface area contributed by atoms with Crippen LogP contribution in [0.2, 0.25) is 0 Å². The number of halogens is 1. The summed E-state index contributed by atoms with van der Waals surface area (Å²) in [5.74, 6) is 0. The van der Waals surface area contributed by atoms with Crippen LogP contribution in [0, 0.1) is 6.92 Å². The van der Waals surface area contributed by atoms with E-state index in [9.17, 15) is 0 Å². The fourth-order valence-corrected chi connectivity index (χ4v) is 2.13. The van der Waals surface area contributed by atoms with E-state index in [0.717, 1.165) is 4.47 Å². The van der Waals surface area contributed by atoms with Crippen LogP contribution in [-0.2, 0) is 0 Å². The van der Waals surface area contributed by atoms with Gasteiger partial charge in [0.05, 0.1) is 0 Å². The molecule has 14 heavy (non-hydrogen) atoms. The summed E-state index contributed by atoms with van der Waals surface area (Å²) < 4.78 is 1.16. The summed E-state index contributed by atoms with van der Waals surface area (Å²) in [5.41, 5.74) is 1.30. The van der Waals surface area contributed by atoms with Gasteiger partial charge in [-0.15, -0.1) is 24.9 Å². The van der Waals surface area contributed by atoms with Gasteiger partial charge in [-0.25, -0.2) is 0 Å². The molecule has 0 aliphatic carbocycles. The molecular weight excluding hydrogens is 256 g/mol. The van der Waals surface area contributed by atoms with Crippen molar-refractivity contribution in [2.24, 2.45) is 0 Å². The van der Waals surface area contributed by atoms with Crippen molar-refractivity contribution in [1.82, 2.24) is 0 Å². The van der Waals surface area contributed by atoms with Crippen molar-refractivity contribution >= 4 is 27.7 Å². The van der Waals surface area contributed by atoms with Gasteiger partial charge in [0.2, 0.25) is 0 Å². The zero-order valence-electron chi connectivity index (χ0n) is 9.43. The zero-order chi connectivity index (χ0) is 11.6. The van der Waals surface area contributed by atoms with Crippen LogP contribution in [0.3, 0.4) is 0 Å². The van der Waals surface area contributed by atoms with Crippen LogP contribution in [0.25, 0.3) is 0 Å². The minimum Gasteiger partial charge on any atom is -0.130 e. The molecule has 0 aliphatic heterocycles. The summed E-state index contributed by atoms with van der Waals surface area (Å²) in [4.78, 5) is 1.31. The molecule has 0 unspecified atom stereocenters. The third kappa shape index (κ3) is 7.22. The maximum absolute atomic E-state index is 3.44. The second-order valence-corrected chi connectivity index (χ2v) is 3.96. The maximum Gasteiger partial charge on any atom is 0.0189 e. The maximum atomic E-state index is 3.44. The Morgan fingerprint density at radius 1 is 1.14 bits per heavy atom. The highest BCUT2D eigenvalue weighted by Crippen LogP contribution is 2.21.